The van der Waals surface area contributed by atoms with Gasteiger partial charge in [0.2, 0.25) is 0 Å². The van der Waals surface area contributed by atoms with Crippen molar-refractivity contribution in [3.8, 4) is 0 Å². The van der Waals surface area contributed by atoms with Gasteiger partial charge in [-0.3, -0.25) is 4.79 Å². The van der Waals surface area contributed by atoms with Gasteiger partial charge in [-0.15, -0.1) is 11.3 Å². The van der Waals surface area contributed by atoms with E-state index in [0.717, 1.165) is 17.7 Å². The van der Waals surface area contributed by atoms with Gasteiger partial charge in [0, 0.05) is 4.88 Å². The Kier molecular flexibility index (Phi) is 3.69. The number of hydrogen-bond acceptors (Lipinski definition) is 4. The third kappa shape index (κ3) is 2.82. The molecule has 0 radical (unpaired) electrons. The maximum absolute atomic E-state index is 12.0. The van der Waals surface area contributed by atoms with E-state index in [4.69, 9.17) is 4.42 Å². The zero-order valence-electron chi connectivity index (χ0n) is 11.3. The Morgan fingerprint density at radius 1 is 1.60 bits per heavy atom. The fourth-order valence-electron chi connectivity index (χ4n) is 2.39. The van der Waals surface area contributed by atoms with E-state index in [2.05, 4.69) is 17.5 Å². The van der Waals surface area contributed by atoms with Crippen LogP contribution in [0.1, 0.15) is 39.2 Å². The highest BCUT2D eigenvalue weighted by atomic mass is 32.1. The Balaban J connectivity index is 1.66. The molecule has 2 heterocycles. The number of carbonyl (C=O) groups excluding carboxylic acids is 1. The molecule has 5 heteroatoms. The predicted octanol–water partition coefficient (Wildman–Crippen LogP) is 3.23. The standard InChI is InChI=1S/C15H16N2O2S/c1-10-4-5-13-11(7-10)8-14(20-13)15(18)17-16-9-12-3-2-6-19-12/h2-3,6,8-10H,4-5,7H2,1H3,(H,17,18)/b16-9-/t10-/m0/s1. The van der Waals surface area contributed by atoms with Crippen LogP contribution in [0.25, 0.3) is 0 Å². The molecule has 0 saturated carbocycles. The number of nitrogens with one attached hydrogen (secondary N) is 1. The van der Waals surface area contributed by atoms with Crippen molar-refractivity contribution < 1.29 is 9.21 Å². The topological polar surface area (TPSA) is 54.6 Å². The van der Waals surface area contributed by atoms with Crippen LogP contribution in [0.5, 0.6) is 0 Å². The number of carbonyl (C=O) groups is 1. The summed E-state index contributed by atoms with van der Waals surface area (Å²) in [5, 5.41) is 3.90. The fourth-order valence-corrected chi connectivity index (χ4v) is 3.49. The van der Waals surface area contributed by atoms with Crippen molar-refractivity contribution >= 4 is 23.5 Å². The van der Waals surface area contributed by atoms with Gasteiger partial charge in [0.05, 0.1) is 17.4 Å². The molecule has 0 saturated heterocycles. The second kappa shape index (κ2) is 5.63. The fraction of sp³-hybridized carbons (Fsp3) is 0.333. The van der Waals surface area contributed by atoms with E-state index >= 15 is 0 Å². The highest BCUT2D eigenvalue weighted by Crippen LogP contribution is 2.32. The number of amides is 1. The zero-order chi connectivity index (χ0) is 13.9. The van der Waals surface area contributed by atoms with Gasteiger partial charge in [-0.1, -0.05) is 6.92 Å². The average Bonchev–Trinajstić information content (AvgIpc) is 3.06. The number of aryl methyl sites for hydroxylation is 1. The summed E-state index contributed by atoms with van der Waals surface area (Å²) < 4.78 is 5.10. The van der Waals surface area contributed by atoms with Gasteiger partial charge in [0.15, 0.2) is 0 Å². The Hall–Kier alpha value is -1.88. The van der Waals surface area contributed by atoms with E-state index in [1.807, 2.05) is 6.07 Å². The molecular formula is C15H16N2O2S. The first-order valence-corrected chi connectivity index (χ1v) is 7.52. The van der Waals surface area contributed by atoms with Gasteiger partial charge < -0.3 is 4.42 Å². The number of thiophene rings is 1. The molecule has 104 valence electrons. The Morgan fingerprint density at radius 2 is 2.50 bits per heavy atom. The number of hydrogen-bond donors (Lipinski definition) is 1. The lowest BCUT2D eigenvalue weighted by atomic mass is 9.90. The molecule has 1 N–H and O–H groups in total. The molecule has 1 aliphatic carbocycles. The van der Waals surface area contributed by atoms with E-state index < -0.39 is 0 Å². The normalized spacial score (nSPS) is 18.1. The summed E-state index contributed by atoms with van der Waals surface area (Å²) in [5.74, 6) is 1.18. The minimum atomic E-state index is -0.153. The van der Waals surface area contributed by atoms with Crippen molar-refractivity contribution in [1.29, 1.82) is 0 Å². The number of nitrogens with zero attached hydrogens (tertiary/aromatic N) is 1. The molecule has 0 aromatic carbocycles. The van der Waals surface area contributed by atoms with Crippen molar-refractivity contribution in [3.05, 3.63) is 45.5 Å². The summed E-state index contributed by atoms with van der Waals surface area (Å²) in [4.78, 5) is 14.1. The van der Waals surface area contributed by atoms with Crippen molar-refractivity contribution in [2.45, 2.75) is 26.2 Å². The molecule has 1 aliphatic rings. The van der Waals surface area contributed by atoms with Crippen molar-refractivity contribution in [3.63, 3.8) is 0 Å². The monoisotopic (exact) mass is 288 g/mol. The molecule has 2 aromatic rings. The molecule has 0 unspecified atom stereocenters. The minimum absolute atomic E-state index is 0.153. The van der Waals surface area contributed by atoms with Crippen molar-refractivity contribution in [2.75, 3.05) is 0 Å². The lowest BCUT2D eigenvalue weighted by Crippen LogP contribution is -2.16. The molecule has 1 atom stereocenters. The van der Waals surface area contributed by atoms with E-state index in [1.165, 1.54) is 23.1 Å². The van der Waals surface area contributed by atoms with E-state index in [0.29, 0.717) is 11.7 Å². The predicted molar refractivity (Wildman–Crippen MR) is 79.3 cm³/mol. The largest absolute Gasteiger partial charge is 0.463 e. The van der Waals surface area contributed by atoms with Crippen LogP contribution < -0.4 is 5.43 Å². The Bertz CT molecular complexity index is 628. The van der Waals surface area contributed by atoms with Crippen LogP contribution in [0.15, 0.2) is 34.0 Å². The number of fused-ring (bicyclic) bond motifs is 1. The highest BCUT2D eigenvalue weighted by molar-refractivity contribution is 7.14. The maximum atomic E-state index is 12.0. The molecule has 1 amide bonds. The summed E-state index contributed by atoms with van der Waals surface area (Å²) in [6.07, 6.45) is 6.44. The molecule has 0 bridgehead atoms. The lowest BCUT2D eigenvalue weighted by molar-refractivity contribution is 0.0959. The Morgan fingerprint density at radius 3 is 3.30 bits per heavy atom. The van der Waals surface area contributed by atoms with Crippen LogP contribution in [0.3, 0.4) is 0 Å². The lowest BCUT2D eigenvalue weighted by Gasteiger charge is -2.16. The number of furan rings is 1. The summed E-state index contributed by atoms with van der Waals surface area (Å²) >= 11 is 1.58. The first kappa shape index (κ1) is 13.1. The quantitative estimate of drug-likeness (QED) is 0.696. The van der Waals surface area contributed by atoms with Crippen molar-refractivity contribution in [1.82, 2.24) is 5.43 Å². The van der Waals surface area contributed by atoms with Gasteiger partial charge in [0.25, 0.3) is 5.91 Å². The highest BCUT2D eigenvalue weighted by Gasteiger charge is 2.20. The smallest absolute Gasteiger partial charge is 0.281 e. The van der Waals surface area contributed by atoms with Gasteiger partial charge in [-0.25, -0.2) is 5.43 Å². The van der Waals surface area contributed by atoms with Crippen LogP contribution in [0.2, 0.25) is 0 Å². The molecule has 0 spiro atoms. The maximum Gasteiger partial charge on any atom is 0.281 e. The number of rotatable bonds is 3. The molecule has 4 nitrogen and oxygen atoms in total. The summed E-state index contributed by atoms with van der Waals surface area (Å²) in [5.41, 5.74) is 3.87. The first-order chi connectivity index (χ1) is 9.72. The minimum Gasteiger partial charge on any atom is -0.463 e. The van der Waals surface area contributed by atoms with Gasteiger partial charge in [0.1, 0.15) is 5.76 Å². The summed E-state index contributed by atoms with van der Waals surface area (Å²) in [6.45, 7) is 2.26. The zero-order valence-corrected chi connectivity index (χ0v) is 12.1. The average molecular weight is 288 g/mol. The summed E-state index contributed by atoms with van der Waals surface area (Å²) in [6, 6.07) is 5.56. The molecule has 0 fully saturated rings. The molecule has 20 heavy (non-hydrogen) atoms. The first-order valence-electron chi connectivity index (χ1n) is 6.71. The molecule has 3 rings (SSSR count). The van der Waals surface area contributed by atoms with Crippen LogP contribution in [-0.4, -0.2) is 12.1 Å². The number of hydrazone groups is 1. The Labute approximate surface area is 121 Å². The molecule has 0 aliphatic heterocycles. The van der Waals surface area contributed by atoms with E-state index in [-0.39, 0.29) is 5.91 Å². The second-order valence-electron chi connectivity index (χ2n) is 5.12. The molecular weight excluding hydrogens is 272 g/mol. The van der Waals surface area contributed by atoms with Gasteiger partial charge in [-0.05, 0) is 48.9 Å². The van der Waals surface area contributed by atoms with Gasteiger partial charge in [-0.2, -0.15) is 5.10 Å². The third-order valence-electron chi connectivity index (χ3n) is 3.45. The molecule has 2 aromatic heterocycles. The van der Waals surface area contributed by atoms with Crippen LogP contribution in [0.4, 0.5) is 0 Å². The van der Waals surface area contributed by atoms with Crippen LogP contribution >= 0.6 is 11.3 Å². The van der Waals surface area contributed by atoms with Crippen LogP contribution in [0, 0.1) is 5.92 Å². The van der Waals surface area contributed by atoms with E-state index in [9.17, 15) is 4.79 Å². The van der Waals surface area contributed by atoms with Crippen LogP contribution in [-0.2, 0) is 12.8 Å². The van der Waals surface area contributed by atoms with E-state index in [1.54, 1.807) is 29.7 Å². The summed E-state index contributed by atoms with van der Waals surface area (Å²) in [7, 11) is 0. The van der Waals surface area contributed by atoms with Crippen molar-refractivity contribution in [2.24, 2.45) is 11.0 Å². The SMILES string of the molecule is C[C@H]1CCc2sc(C(=O)N/N=C\c3ccco3)cc2C1. The van der Waals surface area contributed by atoms with Gasteiger partial charge >= 0.3 is 0 Å². The second-order valence-corrected chi connectivity index (χ2v) is 6.26. The third-order valence-corrected chi connectivity index (χ3v) is 4.69.